The van der Waals surface area contributed by atoms with Gasteiger partial charge in [-0.05, 0) is 43.9 Å². The first-order valence-electron chi connectivity index (χ1n) is 6.97. The van der Waals surface area contributed by atoms with Crippen LogP contribution in [0.2, 0.25) is 0 Å². The fourth-order valence-corrected chi connectivity index (χ4v) is 4.25. The quantitative estimate of drug-likeness (QED) is 0.925. The van der Waals surface area contributed by atoms with Gasteiger partial charge in [0.25, 0.3) is 0 Å². The summed E-state index contributed by atoms with van der Waals surface area (Å²) in [4.78, 5) is -0.644. The highest BCUT2D eigenvalue weighted by Crippen LogP contribution is 2.38. The maximum atomic E-state index is 13.8. The number of rotatable bonds is 4. The molecule has 2 heterocycles. The van der Waals surface area contributed by atoms with Crippen molar-refractivity contribution in [3.8, 4) is 0 Å². The van der Waals surface area contributed by atoms with Crippen molar-refractivity contribution in [2.24, 2.45) is 5.92 Å². The molecule has 0 aliphatic carbocycles. The standard InChI is InChI=1S/C14H17F2NO3S/c1-8-4-12(16)14(6-11(8)15)21(18,19)17-7-9-5-10-2-3-13(9)20-10/h4,6,9-10,13,17H,2-3,5,7H2,1H3. The van der Waals surface area contributed by atoms with Crippen LogP contribution in [-0.4, -0.2) is 27.2 Å². The lowest BCUT2D eigenvalue weighted by Gasteiger charge is -2.19. The molecule has 1 aromatic rings. The lowest BCUT2D eigenvalue weighted by atomic mass is 9.89. The Morgan fingerprint density at radius 2 is 2.05 bits per heavy atom. The summed E-state index contributed by atoms with van der Waals surface area (Å²) in [5.41, 5.74) is 0.0768. The third-order valence-electron chi connectivity index (χ3n) is 4.27. The highest BCUT2D eigenvalue weighted by atomic mass is 32.2. The smallest absolute Gasteiger partial charge is 0.243 e. The normalized spacial score (nSPS) is 28.2. The van der Waals surface area contributed by atoms with E-state index in [4.69, 9.17) is 4.74 Å². The number of hydrogen-bond donors (Lipinski definition) is 1. The van der Waals surface area contributed by atoms with Gasteiger partial charge < -0.3 is 4.74 Å². The molecule has 7 heteroatoms. The Hall–Kier alpha value is -1.05. The van der Waals surface area contributed by atoms with Gasteiger partial charge in [0.15, 0.2) is 0 Å². The van der Waals surface area contributed by atoms with Crippen molar-refractivity contribution >= 4 is 10.0 Å². The van der Waals surface area contributed by atoms with Gasteiger partial charge in [-0.25, -0.2) is 21.9 Å². The van der Waals surface area contributed by atoms with Gasteiger partial charge in [0.1, 0.15) is 16.5 Å². The second-order valence-corrected chi connectivity index (χ2v) is 7.49. The van der Waals surface area contributed by atoms with Gasteiger partial charge in [-0.1, -0.05) is 0 Å². The first-order valence-corrected chi connectivity index (χ1v) is 8.46. The summed E-state index contributed by atoms with van der Waals surface area (Å²) >= 11 is 0. The van der Waals surface area contributed by atoms with Gasteiger partial charge >= 0.3 is 0 Å². The summed E-state index contributed by atoms with van der Waals surface area (Å²) in [6, 6.07) is 1.62. The highest BCUT2D eigenvalue weighted by Gasteiger charge is 2.41. The van der Waals surface area contributed by atoms with Crippen molar-refractivity contribution in [3.63, 3.8) is 0 Å². The fourth-order valence-electron chi connectivity index (χ4n) is 3.09. The highest BCUT2D eigenvalue weighted by molar-refractivity contribution is 7.89. The number of benzene rings is 1. The molecular weight excluding hydrogens is 300 g/mol. The van der Waals surface area contributed by atoms with E-state index in [1.165, 1.54) is 6.92 Å². The average Bonchev–Trinajstić information content (AvgIpc) is 3.03. The van der Waals surface area contributed by atoms with Crippen molar-refractivity contribution in [1.82, 2.24) is 4.72 Å². The summed E-state index contributed by atoms with van der Waals surface area (Å²) in [6.07, 6.45) is 3.07. The molecule has 0 spiro atoms. The third kappa shape index (κ3) is 2.82. The van der Waals surface area contributed by atoms with E-state index in [0.29, 0.717) is 0 Å². The molecule has 2 bridgehead atoms. The molecule has 0 amide bonds. The van der Waals surface area contributed by atoms with Gasteiger partial charge in [0.2, 0.25) is 10.0 Å². The van der Waals surface area contributed by atoms with Crippen molar-refractivity contribution < 1.29 is 21.9 Å². The van der Waals surface area contributed by atoms with Gasteiger partial charge in [-0.15, -0.1) is 0 Å². The lowest BCUT2D eigenvalue weighted by Crippen LogP contribution is -2.34. The zero-order chi connectivity index (χ0) is 15.2. The van der Waals surface area contributed by atoms with Gasteiger partial charge in [0.05, 0.1) is 12.2 Å². The average molecular weight is 317 g/mol. The minimum atomic E-state index is -4.06. The minimum absolute atomic E-state index is 0.0768. The second kappa shape index (κ2) is 5.30. The van der Waals surface area contributed by atoms with Gasteiger partial charge in [-0.3, -0.25) is 0 Å². The molecular formula is C14H17F2NO3S. The molecule has 116 valence electrons. The monoisotopic (exact) mass is 317 g/mol. The summed E-state index contributed by atoms with van der Waals surface area (Å²) in [7, 11) is -4.06. The number of fused-ring (bicyclic) bond motifs is 2. The maximum absolute atomic E-state index is 13.8. The predicted molar refractivity (Wildman–Crippen MR) is 72.3 cm³/mol. The Labute approximate surface area is 122 Å². The van der Waals surface area contributed by atoms with Crippen molar-refractivity contribution in [1.29, 1.82) is 0 Å². The number of aryl methyl sites for hydroxylation is 1. The lowest BCUT2D eigenvalue weighted by molar-refractivity contribution is 0.0932. The van der Waals surface area contributed by atoms with E-state index in [9.17, 15) is 17.2 Å². The van der Waals surface area contributed by atoms with E-state index in [2.05, 4.69) is 4.72 Å². The Bertz CT molecular complexity index is 662. The van der Waals surface area contributed by atoms with Gasteiger partial charge in [0, 0.05) is 12.5 Å². The number of ether oxygens (including phenoxy) is 1. The van der Waals surface area contributed by atoms with Crippen LogP contribution < -0.4 is 4.72 Å². The molecule has 21 heavy (non-hydrogen) atoms. The van der Waals surface area contributed by atoms with Crippen LogP contribution >= 0.6 is 0 Å². The van der Waals surface area contributed by atoms with E-state index < -0.39 is 26.6 Å². The van der Waals surface area contributed by atoms with E-state index in [-0.39, 0.29) is 30.2 Å². The van der Waals surface area contributed by atoms with Crippen LogP contribution in [0.4, 0.5) is 8.78 Å². The Kier molecular flexibility index (Phi) is 3.75. The molecule has 2 saturated heterocycles. The molecule has 0 radical (unpaired) electrons. The summed E-state index contributed by atoms with van der Waals surface area (Å²) in [6.45, 7) is 1.58. The Morgan fingerprint density at radius 3 is 2.67 bits per heavy atom. The molecule has 2 aliphatic rings. The van der Waals surface area contributed by atoms with Gasteiger partial charge in [-0.2, -0.15) is 0 Å². The van der Waals surface area contributed by atoms with Crippen molar-refractivity contribution in [2.75, 3.05) is 6.54 Å². The first kappa shape index (κ1) is 14.9. The molecule has 4 nitrogen and oxygen atoms in total. The van der Waals surface area contributed by atoms with Crippen LogP contribution in [-0.2, 0) is 14.8 Å². The molecule has 3 unspecified atom stereocenters. The number of hydrogen-bond acceptors (Lipinski definition) is 3. The largest absolute Gasteiger partial charge is 0.375 e. The summed E-state index contributed by atoms with van der Waals surface area (Å²) in [5.74, 6) is -1.57. The Balaban J connectivity index is 1.74. The molecule has 0 aromatic heterocycles. The molecule has 3 atom stereocenters. The van der Waals surface area contributed by atoms with E-state index in [1.54, 1.807) is 0 Å². The topological polar surface area (TPSA) is 55.4 Å². The number of halogens is 2. The zero-order valence-electron chi connectivity index (χ0n) is 11.6. The number of nitrogens with one attached hydrogen (secondary N) is 1. The first-order chi connectivity index (χ1) is 9.87. The van der Waals surface area contributed by atoms with Crippen LogP contribution in [0.15, 0.2) is 17.0 Å². The molecule has 1 aromatic carbocycles. The van der Waals surface area contributed by atoms with Crippen LogP contribution in [0.5, 0.6) is 0 Å². The molecule has 2 fully saturated rings. The predicted octanol–water partition coefficient (Wildman–Crippen LogP) is 2.12. The third-order valence-corrected chi connectivity index (χ3v) is 5.71. The van der Waals surface area contributed by atoms with E-state index in [1.807, 2.05) is 0 Å². The van der Waals surface area contributed by atoms with E-state index >= 15 is 0 Å². The van der Waals surface area contributed by atoms with Crippen molar-refractivity contribution in [2.45, 2.75) is 43.3 Å². The molecule has 0 saturated carbocycles. The van der Waals surface area contributed by atoms with Crippen LogP contribution in [0.25, 0.3) is 0 Å². The van der Waals surface area contributed by atoms with Crippen LogP contribution in [0.1, 0.15) is 24.8 Å². The molecule has 3 rings (SSSR count). The number of sulfonamides is 1. The SMILES string of the molecule is Cc1cc(F)c(S(=O)(=O)NCC2CC3CCC2O3)cc1F. The zero-order valence-corrected chi connectivity index (χ0v) is 12.4. The molecule has 1 N–H and O–H groups in total. The Morgan fingerprint density at radius 1 is 1.29 bits per heavy atom. The van der Waals surface area contributed by atoms with E-state index in [0.717, 1.165) is 31.4 Å². The van der Waals surface area contributed by atoms with Crippen LogP contribution in [0, 0.1) is 24.5 Å². The second-order valence-electron chi connectivity index (χ2n) is 5.75. The summed E-state index contributed by atoms with van der Waals surface area (Å²) in [5, 5.41) is 0. The summed E-state index contributed by atoms with van der Waals surface area (Å²) < 4.78 is 59.5. The maximum Gasteiger partial charge on any atom is 0.243 e. The fraction of sp³-hybridized carbons (Fsp3) is 0.571. The van der Waals surface area contributed by atoms with Crippen molar-refractivity contribution in [3.05, 3.63) is 29.3 Å². The minimum Gasteiger partial charge on any atom is -0.375 e. The van der Waals surface area contributed by atoms with Crippen LogP contribution in [0.3, 0.4) is 0 Å². The molecule has 2 aliphatic heterocycles.